The van der Waals surface area contributed by atoms with Crippen molar-refractivity contribution in [3.63, 3.8) is 0 Å². The largest absolute Gasteiger partial charge is 0.497 e. The number of carbonyl (C=O) groups excluding carboxylic acids is 1. The van der Waals surface area contributed by atoms with E-state index in [1.807, 2.05) is 48.5 Å². The van der Waals surface area contributed by atoms with Gasteiger partial charge < -0.3 is 15.4 Å². The maximum absolute atomic E-state index is 12.0. The molecule has 1 saturated heterocycles. The van der Waals surface area contributed by atoms with Crippen molar-refractivity contribution in [3.05, 3.63) is 48.5 Å². The number of nitrogens with zero attached hydrogens (tertiary/aromatic N) is 4. The highest BCUT2D eigenvalue weighted by Gasteiger charge is 2.26. The molecule has 0 aliphatic carbocycles. The maximum atomic E-state index is 12.0. The first-order valence-corrected chi connectivity index (χ1v) is 9.07. The van der Waals surface area contributed by atoms with E-state index in [1.54, 1.807) is 11.6 Å². The molecule has 2 aromatic heterocycles. The van der Waals surface area contributed by atoms with E-state index < -0.39 is 0 Å². The van der Waals surface area contributed by atoms with Crippen LogP contribution in [0.5, 0.6) is 5.75 Å². The summed E-state index contributed by atoms with van der Waals surface area (Å²) in [6, 6.07) is 15.0. The molecule has 1 fully saturated rings. The van der Waals surface area contributed by atoms with Gasteiger partial charge in [0, 0.05) is 17.5 Å². The molecular formula is C20H18N6O2. The molecule has 0 radical (unpaired) electrons. The Kier molecular flexibility index (Phi) is 3.82. The highest BCUT2D eigenvalue weighted by Crippen LogP contribution is 2.26. The Morgan fingerprint density at radius 3 is 2.89 bits per heavy atom. The third kappa shape index (κ3) is 2.70. The van der Waals surface area contributed by atoms with Crippen LogP contribution in [0.3, 0.4) is 0 Å². The molecule has 1 atom stereocenters. The van der Waals surface area contributed by atoms with Crippen molar-refractivity contribution in [1.82, 2.24) is 24.9 Å². The van der Waals surface area contributed by atoms with Gasteiger partial charge in [0.15, 0.2) is 11.5 Å². The van der Waals surface area contributed by atoms with Crippen LogP contribution in [-0.4, -0.2) is 45.2 Å². The number of benzene rings is 2. The lowest BCUT2D eigenvalue weighted by molar-refractivity contribution is -0.119. The molecule has 1 aliphatic rings. The predicted octanol–water partition coefficient (Wildman–Crippen LogP) is 2.25. The minimum Gasteiger partial charge on any atom is -0.497 e. The van der Waals surface area contributed by atoms with E-state index in [0.29, 0.717) is 30.4 Å². The van der Waals surface area contributed by atoms with Gasteiger partial charge in [-0.05, 0) is 30.7 Å². The van der Waals surface area contributed by atoms with Crippen LogP contribution in [0.4, 0.5) is 5.95 Å². The molecule has 3 heterocycles. The lowest BCUT2D eigenvalue weighted by Gasteiger charge is -2.12. The standard InChI is InChI=1S/C20H18N6O2/c1-28-13-6-4-5-12(11-13)17-24-18-14-7-2-3-8-15(14)22-20(26(18)25-17)23-16-9-10-21-19(16)27/h2-8,11,16H,9-10H2,1H3,(H,21,27)(H,22,23). The summed E-state index contributed by atoms with van der Waals surface area (Å²) in [5.41, 5.74) is 2.32. The van der Waals surface area contributed by atoms with Gasteiger partial charge in [-0.15, -0.1) is 5.10 Å². The first-order chi connectivity index (χ1) is 13.7. The number of nitrogens with one attached hydrogen (secondary N) is 2. The monoisotopic (exact) mass is 374 g/mol. The van der Waals surface area contributed by atoms with Gasteiger partial charge in [0.05, 0.1) is 12.6 Å². The van der Waals surface area contributed by atoms with E-state index in [9.17, 15) is 4.79 Å². The summed E-state index contributed by atoms with van der Waals surface area (Å²) in [6.45, 7) is 0.652. The minimum absolute atomic E-state index is 0.0313. The molecular weight excluding hydrogens is 356 g/mol. The smallest absolute Gasteiger partial charge is 0.242 e. The van der Waals surface area contributed by atoms with E-state index in [0.717, 1.165) is 22.2 Å². The second kappa shape index (κ2) is 6.49. The Hall–Kier alpha value is -3.68. The Balaban J connectivity index is 1.69. The highest BCUT2D eigenvalue weighted by atomic mass is 16.5. The topological polar surface area (TPSA) is 93.4 Å². The number of fused-ring (bicyclic) bond motifs is 3. The fraction of sp³-hybridized carbons (Fsp3) is 0.200. The first kappa shape index (κ1) is 16.5. The van der Waals surface area contributed by atoms with Crippen molar-refractivity contribution in [2.45, 2.75) is 12.5 Å². The average molecular weight is 374 g/mol. The van der Waals surface area contributed by atoms with E-state index >= 15 is 0 Å². The zero-order valence-electron chi connectivity index (χ0n) is 15.2. The van der Waals surface area contributed by atoms with Crippen LogP contribution >= 0.6 is 0 Å². The van der Waals surface area contributed by atoms with Crippen LogP contribution in [0.2, 0.25) is 0 Å². The zero-order chi connectivity index (χ0) is 19.1. The summed E-state index contributed by atoms with van der Waals surface area (Å²) in [5.74, 6) is 1.77. The third-order valence-corrected chi connectivity index (χ3v) is 4.86. The summed E-state index contributed by atoms with van der Waals surface area (Å²) >= 11 is 0. The molecule has 8 heteroatoms. The second-order valence-electron chi connectivity index (χ2n) is 6.63. The van der Waals surface area contributed by atoms with Crippen molar-refractivity contribution in [2.24, 2.45) is 0 Å². The van der Waals surface area contributed by atoms with Crippen molar-refractivity contribution >= 4 is 28.4 Å². The maximum Gasteiger partial charge on any atom is 0.242 e. The van der Waals surface area contributed by atoms with Gasteiger partial charge in [-0.1, -0.05) is 24.3 Å². The summed E-state index contributed by atoms with van der Waals surface area (Å²) < 4.78 is 6.98. The minimum atomic E-state index is -0.332. The Morgan fingerprint density at radius 1 is 1.18 bits per heavy atom. The summed E-state index contributed by atoms with van der Waals surface area (Å²) in [5, 5.41) is 11.6. The van der Waals surface area contributed by atoms with Crippen LogP contribution in [0.1, 0.15) is 6.42 Å². The van der Waals surface area contributed by atoms with Crippen LogP contribution in [0.25, 0.3) is 27.9 Å². The Bertz CT molecular complexity index is 1200. The van der Waals surface area contributed by atoms with E-state index in [-0.39, 0.29) is 11.9 Å². The number of amides is 1. The molecule has 28 heavy (non-hydrogen) atoms. The van der Waals surface area contributed by atoms with Gasteiger partial charge in [0.1, 0.15) is 11.8 Å². The average Bonchev–Trinajstić information content (AvgIpc) is 3.35. The zero-order valence-corrected chi connectivity index (χ0v) is 15.2. The molecule has 2 aromatic carbocycles. The van der Waals surface area contributed by atoms with Gasteiger partial charge in [-0.2, -0.15) is 4.52 Å². The van der Waals surface area contributed by atoms with Gasteiger partial charge >= 0.3 is 0 Å². The van der Waals surface area contributed by atoms with Gasteiger partial charge in [-0.25, -0.2) is 9.97 Å². The summed E-state index contributed by atoms with van der Waals surface area (Å²) in [4.78, 5) is 21.5. The Labute approximate surface area is 160 Å². The lowest BCUT2D eigenvalue weighted by Crippen LogP contribution is -2.30. The number of ether oxygens (including phenoxy) is 1. The highest BCUT2D eigenvalue weighted by molar-refractivity contribution is 5.93. The van der Waals surface area contributed by atoms with Crippen molar-refractivity contribution < 1.29 is 9.53 Å². The van der Waals surface area contributed by atoms with Crippen molar-refractivity contribution in [2.75, 3.05) is 19.0 Å². The molecule has 140 valence electrons. The molecule has 0 bridgehead atoms. The van der Waals surface area contributed by atoms with Gasteiger partial charge in [0.25, 0.3) is 0 Å². The van der Waals surface area contributed by atoms with Crippen LogP contribution in [0, 0.1) is 0 Å². The normalized spacial score (nSPS) is 16.5. The number of aromatic nitrogens is 4. The fourth-order valence-electron chi connectivity index (χ4n) is 3.42. The Morgan fingerprint density at radius 2 is 2.07 bits per heavy atom. The molecule has 4 aromatic rings. The first-order valence-electron chi connectivity index (χ1n) is 9.07. The number of hydrogen-bond acceptors (Lipinski definition) is 6. The SMILES string of the molecule is COc1cccc(-c2nc3c4ccccc4nc(NC4CCNC4=O)n3n2)c1. The molecule has 1 unspecified atom stereocenters. The number of anilines is 1. The summed E-state index contributed by atoms with van der Waals surface area (Å²) in [6.07, 6.45) is 0.701. The molecule has 2 N–H and O–H groups in total. The quantitative estimate of drug-likeness (QED) is 0.569. The molecule has 0 spiro atoms. The van der Waals surface area contributed by atoms with Crippen LogP contribution in [-0.2, 0) is 4.79 Å². The van der Waals surface area contributed by atoms with E-state index in [4.69, 9.17) is 9.72 Å². The van der Waals surface area contributed by atoms with E-state index in [1.165, 1.54) is 0 Å². The number of para-hydroxylation sites is 1. The molecule has 0 saturated carbocycles. The van der Waals surface area contributed by atoms with Crippen molar-refractivity contribution in [3.8, 4) is 17.1 Å². The van der Waals surface area contributed by atoms with E-state index in [2.05, 4.69) is 20.7 Å². The summed E-state index contributed by atoms with van der Waals surface area (Å²) in [7, 11) is 1.63. The van der Waals surface area contributed by atoms with Gasteiger partial charge in [0.2, 0.25) is 11.9 Å². The molecule has 1 aliphatic heterocycles. The predicted molar refractivity (Wildman–Crippen MR) is 105 cm³/mol. The molecule has 1 amide bonds. The molecule has 8 nitrogen and oxygen atoms in total. The second-order valence-corrected chi connectivity index (χ2v) is 6.63. The van der Waals surface area contributed by atoms with Crippen LogP contribution in [0.15, 0.2) is 48.5 Å². The van der Waals surface area contributed by atoms with Crippen molar-refractivity contribution in [1.29, 1.82) is 0 Å². The third-order valence-electron chi connectivity index (χ3n) is 4.86. The number of rotatable bonds is 4. The number of hydrogen-bond donors (Lipinski definition) is 2. The molecule has 5 rings (SSSR count). The number of methoxy groups -OCH3 is 1. The van der Waals surface area contributed by atoms with Gasteiger partial charge in [-0.3, -0.25) is 4.79 Å². The lowest BCUT2D eigenvalue weighted by atomic mass is 10.2. The number of carbonyl (C=O) groups is 1. The van der Waals surface area contributed by atoms with Crippen LogP contribution < -0.4 is 15.4 Å². The fourth-order valence-corrected chi connectivity index (χ4v) is 3.42.